The van der Waals surface area contributed by atoms with Gasteiger partial charge >= 0.3 is 5.97 Å². The molecule has 2 rings (SSSR count). The van der Waals surface area contributed by atoms with E-state index in [1.165, 1.54) is 37.6 Å². The molecule has 7 heteroatoms. The van der Waals surface area contributed by atoms with Crippen molar-refractivity contribution in [3.05, 3.63) is 46.1 Å². The number of nitriles is 1. The first-order valence-corrected chi connectivity index (χ1v) is 6.49. The van der Waals surface area contributed by atoms with E-state index in [4.69, 9.17) is 19.8 Å². The molecular weight excluding hydrogens is 340 g/mol. The van der Waals surface area contributed by atoms with Gasteiger partial charge in [-0.3, -0.25) is 0 Å². The lowest BCUT2D eigenvalue weighted by Crippen LogP contribution is -2.02. The summed E-state index contributed by atoms with van der Waals surface area (Å²) < 4.78 is 11.2. The Hall–Kier alpha value is -2.59. The fourth-order valence-corrected chi connectivity index (χ4v) is 1.92. The summed E-state index contributed by atoms with van der Waals surface area (Å²) in [7, 11) is 1.43. The Morgan fingerprint density at radius 1 is 1.38 bits per heavy atom. The van der Waals surface area contributed by atoms with Crippen molar-refractivity contribution < 1.29 is 19.4 Å². The molecule has 0 saturated carbocycles. The van der Waals surface area contributed by atoms with Crippen LogP contribution in [0.2, 0.25) is 0 Å². The van der Waals surface area contributed by atoms with Crippen LogP contribution in [0.3, 0.4) is 0 Å². The maximum absolute atomic E-state index is 11.2. The quantitative estimate of drug-likeness (QED) is 0.911. The van der Waals surface area contributed by atoms with Gasteiger partial charge in [0.1, 0.15) is 5.56 Å². The summed E-state index contributed by atoms with van der Waals surface area (Å²) in [6.45, 7) is 0. The van der Waals surface area contributed by atoms with Gasteiger partial charge in [-0.05, 0) is 34.1 Å². The third kappa shape index (κ3) is 3.30. The van der Waals surface area contributed by atoms with E-state index in [-0.39, 0.29) is 17.2 Å². The largest absolute Gasteiger partial charge is 0.493 e. The van der Waals surface area contributed by atoms with Gasteiger partial charge in [0.2, 0.25) is 5.88 Å². The number of pyridine rings is 1. The van der Waals surface area contributed by atoms with Crippen molar-refractivity contribution in [2.75, 3.05) is 7.11 Å². The minimum atomic E-state index is -1.16. The highest BCUT2D eigenvalue weighted by Gasteiger charge is 2.16. The lowest BCUT2D eigenvalue weighted by molar-refractivity contribution is 0.0693. The third-order valence-corrected chi connectivity index (χ3v) is 2.98. The second-order valence-electron chi connectivity index (χ2n) is 3.89. The second-order valence-corrected chi connectivity index (χ2v) is 4.81. The molecule has 0 aliphatic carbocycles. The van der Waals surface area contributed by atoms with Crippen molar-refractivity contribution in [1.82, 2.24) is 4.98 Å². The standard InChI is InChI=1S/C14H9BrN2O4/c1-20-12-4-8(6-16)2-3-11(12)21-13-10(14(18)19)5-9(15)7-17-13/h2-5,7H,1H3,(H,18,19). The maximum Gasteiger partial charge on any atom is 0.341 e. The zero-order chi connectivity index (χ0) is 15.4. The normalized spacial score (nSPS) is 9.76. The first-order valence-electron chi connectivity index (χ1n) is 5.70. The molecule has 21 heavy (non-hydrogen) atoms. The lowest BCUT2D eigenvalue weighted by Gasteiger charge is -2.11. The third-order valence-electron chi connectivity index (χ3n) is 2.55. The van der Waals surface area contributed by atoms with Crippen molar-refractivity contribution in [3.8, 4) is 23.4 Å². The minimum Gasteiger partial charge on any atom is -0.493 e. The van der Waals surface area contributed by atoms with Crippen LogP contribution in [-0.2, 0) is 0 Å². The number of hydrogen-bond donors (Lipinski definition) is 1. The van der Waals surface area contributed by atoms with Gasteiger partial charge in [-0.1, -0.05) is 0 Å². The summed E-state index contributed by atoms with van der Waals surface area (Å²) in [5, 5.41) is 18.0. The molecule has 0 bridgehead atoms. The molecule has 6 nitrogen and oxygen atoms in total. The number of aromatic carboxylic acids is 1. The highest BCUT2D eigenvalue weighted by Crippen LogP contribution is 2.33. The highest BCUT2D eigenvalue weighted by atomic mass is 79.9. The van der Waals surface area contributed by atoms with Crippen molar-refractivity contribution >= 4 is 21.9 Å². The number of carbonyl (C=O) groups is 1. The van der Waals surface area contributed by atoms with Crippen LogP contribution < -0.4 is 9.47 Å². The number of carboxylic acids is 1. The van der Waals surface area contributed by atoms with Crippen LogP contribution in [0.4, 0.5) is 0 Å². The van der Waals surface area contributed by atoms with E-state index in [1.54, 1.807) is 0 Å². The van der Waals surface area contributed by atoms with E-state index in [0.29, 0.717) is 15.8 Å². The average molecular weight is 349 g/mol. The van der Waals surface area contributed by atoms with Crippen LogP contribution >= 0.6 is 15.9 Å². The molecule has 0 atom stereocenters. The molecule has 1 aromatic carbocycles. The summed E-state index contributed by atoms with van der Waals surface area (Å²) in [5.41, 5.74) is 0.317. The molecule has 0 saturated heterocycles. The Balaban J connectivity index is 2.43. The van der Waals surface area contributed by atoms with Crippen molar-refractivity contribution in [3.63, 3.8) is 0 Å². The van der Waals surface area contributed by atoms with Crippen LogP contribution in [-0.4, -0.2) is 23.2 Å². The zero-order valence-corrected chi connectivity index (χ0v) is 12.4. The Labute approximate surface area is 128 Å². The van der Waals surface area contributed by atoms with Gasteiger partial charge in [-0.25, -0.2) is 9.78 Å². The van der Waals surface area contributed by atoms with Gasteiger partial charge in [0.05, 0.1) is 18.7 Å². The van der Waals surface area contributed by atoms with E-state index in [9.17, 15) is 4.79 Å². The first kappa shape index (κ1) is 14.8. The highest BCUT2D eigenvalue weighted by molar-refractivity contribution is 9.10. The average Bonchev–Trinajstić information content (AvgIpc) is 2.49. The predicted octanol–water partition coefficient (Wildman–Crippen LogP) is 3.21. The molecule has 0 fully saturated rings. The van der Waals surface area contributed by atoms with Crippen molar-refractivity contribution in [2.45, 2.75) is 0 Å². The minimum absolute atomic E-state index is 0.0614. The van der Waals surface area contributed by atoms with E-state index < -0.39 is 5.97 Å². The molecular formula is C14H9BrN2O4. The van der Waals surface area contributed by atoms with Gasteiger partial charge in [0, 0.05) is 16.7 Å². The summed E-state index contributed by atoms with van der Waals surface area (Å²) in [6.07, 6.45) is 1.43. The molecule has 106 valence electrons. The lowest BCUT2D eigenvalue weighted by atomic mass is 10.2. The van der Waals surface area contributed by atoms with Gasteiger partial charge in [0.15, 0.2) is 11.5 Å². The Bertz CT molecular complexity index is 740. The summed E-state index contributed by atoms with van der Waals surface area (Å²) in [4.78, 5) is 15.1. The number of carboxylic acid groups (broad SMARTS) is 1. The second kappa shape index (κ2) is 6.24. The number of aromatic nitrogens is 1. The number of halogens is 1. The predicted molar refractivity (Wildman–Crippen MR) is 76.7 cm³/mol. The smallest absolute Gasteiger partial charge is 0.341 e. The molecule has 1 aromatic heterocycles. The Morgan fingerprint density at radius 3 is 2.76 bits per heavy atom. The van der Waals surface area contributed by atoms with Gasteiger partial charge in [-0.15, -0.1) is 0 Å². The van der Waals surface area contributed by atoms with Gasteiger partial charge in [-0.2, -0.15) is 5.26 Å². The molecule has 0 radical (unpaired) electrons. The topological polar surface area (TPSA) is 92.4 Å². The van der Waals surface area contributed by atoms with Crippen LogP contribution in [0.5, 0.6) is 17.4 Å². The number of hydrogen-bond acceptors (Lipinski definition) is 5. The van der Waals surface area contributed by atoms with Gasteiger partial charge in [0.25, 0.3) is 0 Å². The molecule has 0 amide bonds. The van der Waals surface area contributed by atoms with E-state index in [1.807, 2.05) is 6.07 Å². The van der Waals surface area contributed by atoms with E-state index in [2.05, 4.69) is 20.9 Å². The van der Waals surface area contributed by atoms with Crippen LogP contribution in [0.25, 0.3) is 0 Å². The van der Waals surface area contributed by atoms with Gasteiger partial charge < -0.3 is 14.6 Å². The number of benzene rings is 1. The monoisotopic (exact) mass is 348 g/mol. The molecule has 0 unspecified atom stereocenters. The SMILES string of the molecule is COc1cc(C#N)ccc1Oc1ncc(Br)cc1C(=O)O. The Morgan fingerprint density at radius 2 is 2.14 bits per heavy atom. The van der Waals surface area contributed by atoms with Crippen LogP contribution in [0.1, 0.15) is 15.9 Å². The van der Waals surface area contributed by atoms with E-state index >= 15 is 0 Å². The van der Waals surface area contributed by atoms with Crippen molar-refractivity contribution in [2.24, 2.45) is 0 Å². The number of rotatable bonds is 4. The molecule has 1 N–H and O–H groups in total. The Kier molecular flexibility index (Phi) is 4.40. The zero-order valence-electron chi connectivity index (χ0n) is 10.8. The number of methoxy groups -OCH3 is 1. The molecule has 0 spiro atoms. The number of nitrogens with zero attached hydrogens (tertiary/aromatic N) is 2. The molecule has 0 aliphatic rings. The molecule has 2 aromatic rings. The first-order chi connectivity index (χ1) is 10.0. The van der Waals surface area contributed by atoms with E-state index in [0.717, 1.165) is 0 Å². The van der Waals surface area contributed by atoms with Crippen LogP contribution in [0, 0.1) is 11.3 Å². The summed E-state index contributed by atoms with van der Waals surface area (Å²) in [5.74, 6) is -0.635. The fourth-order valence-electron chi connectivity index (χ4n) is 1.59. The molecule has 1 heterocycles. The maximum atomic E-state index is 11.2. The molecule has 0 aliphatic heterocycles. The fraction of sp³-hybridized carbons (Fsp3) is 0.0714. The summed E-state index contributed by atoms with van der Waals surface area (Å²) >= 11 is 3.15. The van der Waals surface area contributed by atoms with Crippen molar-refractivity contribution in [1.29, 1.82) is 5.26 Å². The summed E-state index contributed by atoms with van der Waals surface area (Å²) in [6, 6.07) is 7.92. The van der Waals surface area contributed by atoms with Crippen LogP contribution in [0.15, 0.2) is 34.9 Å². The number of ether oxygens (including phenoxy) is 2.